The van der Waals surface area contributed by atoms with Crippen LogP contribution in [0.2, 0.25) is 0 Å². The predicted octanol–water partition coefficient (Wildman–Crippen LogP) is 1.94. The minimum Gasteiger partial charge on any atom is -0.382 e. The van der Waals surface area contributed by atoms with E-state index in [0.29, 0.717) is 17.3 Å². The maximum Gasteiger partial charge on any atom is 0.202 e. The Morgan fingerprint density at radius 3 is 2.73 bits per heavy atom. The number of nitrogens with zero attached hydrogens (tertiary/aromatic N) is 3. The summed E-state index contributed by atoms with van der Waals surface area (Å²) in [4.78, 5) is 8.32. The molecule has 6 heteroatoms. The van der Waals surface area contributed by atoms with E-state index < -0.39 is 0 Å². The van der Waals surface area contributed by atoms with Crippen molar-refractivity contribution in [1.29, 1.82) is 0 Å². The largest absolute Gasteiger partial charge is 0.382 e. The number of nitrogens with two attached hydrogens (primary N) is 1. The molecule has 0 radical (unpaired) electrons. The van der Waals surface area contributed by atoms with Gasteiger partial charge in [0, 0.05) is 0 Å². The lowest BCUT2D eigenvalue weighted by molar-refractivity contribution is 0.425. The fraction of sp³-hybridized carbons (Fsp3) is 0.222. The minimum absolute atomic E-state index is 0.356. The zero-order valence-corrected chi connectivity index (χ0v) is 10.4. The van der Waals surface area contributed by atoms with Gasteiger partial charge in [0.25, 0.3) is 0 Å². The smallest absolute Gasteiger partial charge is 0.202 e. The Morgan fingerprint density at radius 2 is 2.13 bits per heavy atom. The summed E-state index contributed by atoms with van der Waals surface area (Å²) in [5.74, 6) is 0.941. The van der Waals surface area contributed by atoms with E-state index >= 15 is 0 Å². The molecule has 0 aliphatic carbocycles. The average molecular weight is 316 g/mol. The van der Waals surface area contributed by atoms with Crippen molar-refractivity contribution in [2.75, 3.05) is 5.73 Å². The second-order valence-electron chi connectivity index (χ2n) is 3.16. The second-order valence-corrected chi connectivity index (χ2v) is 4.24. The molecule has 0 unspecified atom stereocenters. The third-order valence-electron chi connectivity index (χ3n) is 1.93. The Hall–Kier alpha value is -1.18. The Bertz CT molecular complexity index is 509. The number of hydrogen-bond acceptors (Lipinski definition) is 5. The summed E-state index contributed by atoms with van der Waals surface area (Å²) in [5, 5.41) is 3.86. The quantitative estimate of drug-likeness (QED) is 0.814. The Kier molecular flexibility index (Phi) is 2.59. The van der Waals surface area contributed by atoms with Crippen LogP contribution in [0.3, 0.4) is 0 Å². The van der Waals surface area contributed by atoms with Crippen molar-refractivity contribution in [3.05, 3.63) is 21.2 Å². The average Bonchev–Trinajstić information content (AvgIpc) is 2.52. The Labute approximate surface area is 100 Å². The predicted molar refractivity (Wildman–Crippen MR) is 64.1 cm³/mol. The van der Waals surface area contributed by atoms with Gasteiger partial charge in [-0.3, -0.25) is 0 Å². The number of anilines is 1. The number of nitrogen functional groups attached to an aromatic ring is 1. The van der Waals surface area contributed by atoms with Crippen LogP contribution < -0.4 is 5.73 Å². The lowest BCUT2D eigenvalue weighted by atomic mass is 10.3. The summed E-state index contributed by atoms with van der Waals surface area (Å²) in [6.45, 7) is 3.72. The van der Waals surface area contributed by atoms with Gasteiger partial charge in [0.15, 0.2) is 11.5 Å². The molecule has 0 atom stereocenters. The molecule has 0 aliphatic rings. The molecule has 0 aliphatic heterocycles. The van der Waals surface area contributed by atoms with Crippen LogP contribution in [0.15, 0.2) is 10.7 Å². The van der Waals surface area contributed by atoms with Crippen molar-refractivity contribution in [1.82, 2.24) is 15.1 Å². The molecule has 0 aromatic carbocycles. The highest BCUT2D eigenvalue weighted by molar-refractivity contribution is 14.1. The van der Waals surface area contributed by atoms with Gasteiger partial charge in [-0.1, -0.05) is 5.16 Å². The molecule has 0 saturated carbocycles. The number of aryl methyl sites for hydroxylation is 2. The molecule has 0 spiro atoms. The first-order valence-electron chi connectivity index (χ1n) is 4.31. The van der Waals surface area contributed by atoms with E-state index in [4.69, 9.17) is 10.3 Å². The zero-order valence-electron chi connectivity index (χ0n) is 8.28. The van der Waals surface area contributed by atoms with Crippen LogP contribution in [0.25, 0.3) is 11.5 Å². The number of aromatic nitrogens is 3. The van der Waals surface area contributed by atoms with Crippen LogP contribution in [0.5, 0.6) is 0 Å². The van der Waals surface area contributed by atoms with Crippen molar-refractivity contribution in [2.45, 2.75) is 13.8 Å². The van der Waals surface area contributed by atoms with E-state index in [1.165, 1.54) is 0 Å². The molecule has 0 amide bonds. The zero-order chi connectivity index (χ0) is 11.0. The standard InChI is InChI=1S/C9H9IN4O/c1-4-3-12-9(11)7(13-4)8-6(10)5(2)14-15-8/h3H,1-2H3,(H2,11,12). The first-order chi connectivity index (χ1) is 7.09. The summed E-state index contributed by atoms with van der Waals surface area (Å²) in [6.07, 6.45) is 1.62. The summed E-state index contributed by atoms with van der Waals surface area (Å²) >= 11 is 2.15. The third-order valence-corrected chi connectivity index (χ3v) is 3.20. The Morgan fingerprint density at radius 1 is 1.40 bits per heavy atom. The number of rotatable bonds is 1. The Balaban J connectivity index is 2.63. The fourth-order valence-corrected chi connectivity index (χ4v) is 1.61. The van der Waals surface area contributed by atoms with Gasteiger partial charge in [-0.2, -0.15) is 0 Å². The molecule has 2 N–H and O–H groups in total. The molecule has 5 nitrogen and oxygen atoms in total. The molecule has 15 heavy (non-hydrogen) atoms. The highest BCUT2D eigenvalue weighted by atomic mass is 127. The normalized spacial score (nSPS) is 10.6. The van der Waals surface area contributed by atoms with E-state index in [2.05, 4.69) is 37.7 Å². The SMILES string of the molecule is Cc1cnc(N)c(-c2onc(C)c2I)n1. The molecule has 2 aromatic rings. The highest BCUT2D eigenvalue weighted by Gasteiger charge is 2.17. The van der Waals surface area contributed by atoms with E-state index in [1.54, 1.807) is 6.20 Å². The first kappa shape index (κ1) is 10.3. The van der Waals surface area contributed by atoms with Crippen LogP contribution in [0.4, 0.5) is 5.82 Å². The summed E-state index contributed by atoms with van der Waals surface area (Å²) in [6, 6.07) is 0. The first-order valence-corrected chi connectivity index (χ1v) is 5.38. The molecule has 0 fully saturated rings. The van der Waals surface area contributed by atoms with Crippen molar-refractivity contribution in [3.63, 3.8) is 0 Å². The van der Waals surface area contributed by atoms with Gasteiger partial charge in [0.2, 0.25) is 5.76 Å². The monoisotopic (exact) mass is 316 g/mol. The number of hydrogen-bond donors (Lipinski definition) is 1. The second kappa shape index (κ2) is 3.76. The minimum atomic E-state index is 0.356. The van der Waals surface area contributed by atoms with Crippen molar-refractivity contribution < 1.29 is 4.52 Å². The van der Waals surface area contributed by atoms with E-state index in [0.717, 1.165) is 15.0 Å². The molecular weight excluding hydrogens is 307 g/mol. The van der Waals surface area contributed by atoms with Crippen LogP contribution in [-0.2, 0) is 0 Å². The van der Waals surface area contributed by atoms with Gasteiger partial charge in [0.05, 0.1) is 21.2 Å². The lowest BCUT2D eigenvalue weighted by Crippen LogP contribution is -1.98. The van der Waals surface area contributed by atoms with E-state index in [1.807, 2.05) is 13.8 Å². The summed E-state index contributed by atoms with van der Waals surface area (Å²) < 4.78 is 6.09. The molecule has 2 heterocycles. The molecule has 0 bridgehead atoms. The number of halogens is 1. The van der Waals surface area contributed by atoms with Crippen LogP contribution in [-0.4, -0.2) is 15.1 Å². The van der Waals surface area contributed by atoms with Crippen molar-refractivity contribution >= 4 is 28.4 Å². The summed E-state index contributed by atoms with van der Waals surface area (Å²) in [7, 11) is 0. The molecule has 2 aromatic heterocycles. The van der Waals surface area contributed by atoms with E-state index in [9.17, 15) is 0 Å². The van der Waals surface area contributed by atoms with Crippen molar-refractivity contribution in [2.24, 2.45) is 0 Å². The molecule has 0 saturated heterocycles. The fourth-order valence-electron chi connectivity index (χ4n) is 1.16. The van der Waals surface area contributed by atoms with Gasteiger partial charge < -0.3 is 10.3 Å². The van der Waals surface area contributed by atoms with Gasteiger partial charge in [-0.05, 0) is 36.4 Å². The molecule has 2 rings (SSSR count). The third kappa shape index (κ3) is 1.81. The van der Waals surface area contributed by atoms with Crippen LogP contribution >= 0.6 is 22.6 Å². The molecular formula is C9H9IN4O. The maximum absolute atomic E-state index is 5.73. The van der Waals surface area contributed by atoms with Crippen molar-refractivity contribution in [3.8, 4) is 11.5 Å². The van der Waals surface area contributed by atoms with Crippen LogP contribution in [0.1, 0.15) is 11.4 Å². The topological polar surface area (TPSA) is 77.8 Å². The van der Waals surface area contributed by atoms with Gasteiger partial charge >= 0.3 is 0 Å². The van der Waals surface area contributed by atoms with Gasteiger partial charge in [-0.25, -0.2) is 9.97 Å². The van der Waals surface area contributed by atoms with Gasteiger partial charge in [-0.15, -0.1) is 0 Å². The summed E-state index contributed by atoms with van der Waals surface area (Å²) in [5.41, 5.74) is 7.91. The lowest BCUT2D eigenvalue weighted by Gasteiger charge is -2.01. The van der Waals surface area contributed by atoms with E-state index in [-0.39, 0.29) is 0 Å². The maximum atomic E-state index is 5.73. The van der Waals surface area contributed by atoms with Crippen LogP contribution in [0, 0.1) is 17.4 Å². The molecule has 78 valence electrons. The highest BCUT2D eigenvalue weighted by Crippen LogP contribution is 2.28. The van der Waals surface area contributed by atoms with Gasteiger partial charge in [0.1, 0.15) is 0 Å².